The fourth-order valence-electron chi connectivity index (χ4n) is 2.46. The molecule has 1 aromatic carbocycles. The second-order valence-corrected chi connectivity index (χ2v) is 7.03. The molecule has 0 aliphatic heterocycles. The zero-order valence-corrected chi connectivity index (χ0v) is 14.7. The standard InChI is InChI=1S/C18H19N3O2S/c1-11(2)16-15(12(3)21-23-16)17(22)20-18-19-10-14(24-18)9-13-7-5-4-6-8-13/h4-8,10-11H,9H2,1-3H3,(H,19,20,22). The number of aromatic nitrogens is 2. The van der Waals surface area contributed by atoms with E-state index in [1.54, 1.807) is 13.1 Å². The molecule has 6 heteroatoms. The van der Waals surface area contributed by atoms with Gasteiger partial charge >= 0.3 is 0 Å². The second-order valence-electron chi connectivity index (χ2n) is 5.91. The molecule has 0 saturated carbocycles. The van der Waals surface area contributed by atoms with Gasteiger partial charge in [-0.05, 0) is 12.5 Å². The zero-order valence-electron chi connectivity index (χ0n) is 13.9. The van der Waals surface area contributed by atoms with Gasteiger partial charge in [-0.15, -0.1) is 11.3 Å². The minimum Gasteiger partial charge on any atom is -0.360 e. The number of carbonyl (C=O) groups excluding carboxylic acids is 1. The van der Waals surface area contributed by atoms with E-state index >= 15 is 0 Å². The van der Waals surface area contributed by atoms with E-state index < -0.39 is 0 Å². The predicted molar refractivity (Wildman–Crippen MR) is 94.6 cm³/mol. The maximum absolute atomic E-state index is 12.5. The van der Waals surface area contributed by atoms with Crippen molar-refractivity contribution in [2.24, 2.45) is 0 Å². The summed E-state index contributed by atoms with van der Waals surface area (Å²) < 4.78 is 5.27. The van der Waals surface area contributed by atoms with Crippen LogP contribution in [-0.2, 0) is 6.42 Å². The van der Waals surface area contributed by atoms with Gasteiger partial charge in [0.05, 0.1) is 5.69 Å². The van der Waals surface area contributed by atoms with E-state index in [1.165, 1.54) is 16.9 Å². The van der Waals surface area contributed by atoms with Crippen LogP contribution in [0.1, 0.15) is 52.0 Å². The van der Waals surface area contributed by atoms with Crippen LogP contribution in [0.15, 0.2) is 41.1 Å². The Balaban J connectivity index is 1.73. The quantitative estimate of drug-likeness (QED) is 0.746. The first-order chi connectivity index (χ1) is 11.5. The van der Waals surface area contributed by atoms with Gasteiger partial charge in [-0.25, -0.2) is 4.98 Å². The maximum atomic E-state index is 12.5. The van der Waals surface area contributed by atoms with Crippen LogP contribution in [0.5, 0.6) is 0 Å². The molecule has 0 spiro atoms. The molecule has 3 aromatic rings. The molecule has 0 atom stereocenters. The summed E-state index contributed by atoms with van der Waals surface area (Å²) in [5.41, 5.74) is 2.32. The average molecular weight is 341 g/mol. The van der Waals surface area contributed by atoms with E-state index in [0.717, 1.165) is 11.3 Å². The van der Waals surface area contributed by atoms with Crippen molar-refractivity contribution in [1.29, 1.82) is 0 Å². The highest BCUT2D eigenvalue weighted by atomic mass is 32.1. The van der Waals surface area contributed by atoms with Crippen LogP contribution in [0.4, 0.5) is 5.13 Å². The lowest BCUT2D eigenvalue weighted by Gasteiger charge is -2.04. The van der Waals surface area contributed by atoms with E-state index in [1.807, 2.05) is 32.0 Å². The molecule has 0 saturated heterocycles. The molecule has 5 nitrogen and oxygen atoms in total. The lowest BCUT2D eigenvalue weighted by atomic mass is 10.0. The first kappa shape index (κ1) is 16.4. The molecule has 3 rings (SSSR count). The van der Waals surface area contributed by atoms with Gasteiger partial charge in [-0.2, -0.15) is 0 Å². The Morgan fingerprint density at radius 3 is 2.75 bits per heavy atom. The highest BCUT2D eigenvalue weighted by molar-refractivity contribution is 7.15. The Kier molecular flexibility index (Phi) is 4.76. The first-order valence-electron chi connectivity index (χ1n) is 7.80. The number of amides is 1. The molecule has 0 aliphatic carbocycles. The number of anilines is 1. The summed E-state index contributed by atoms with van der Waals surface area (Å²) in [6, 6.07) is 10.2. The van der Waals surface area contributed by atoms with Crippen molar-refractivity contribution in [1.82, 2.24) is 10.1 Å². The molecular weight excluding hydrogens is 322 g/mol. The van der Waals surface area contributed by atoms with Crippen LogP contribution in [-0.4, -0.2) is 16.0 Å². The number of nitrogens with one attached hydrogen (secondary N) is 1. The highest BCUT2D eigenvalue weighted by Crippen LogP contribution is 2.25. The third-order valence-electron chi connectivity index (χ3n) is 3.64. The van der Waals surface area contributed by atoms with Crippen molar-refractivity contribution in [3.05, 3.63) is 64.0 Å². The summed E-state index contributed by atoms with van der Waals surface area (Å²) in [5, 5.41) is 7.35. The topological polar surface area (TPSA) is 68.0 Å². The molecule has 0 fully saturated rings. The van der Waals surface area contributed by atoms with E-state index in [-0.39, 0.29) is 11.8 Å². The van der Waals surface area contributed by atoms with Crippen molar-refractivity contribution in [2.45, 2.75) is 33.1 Å². The molecule has 24 heavy (non-hydrogen) atoms. The Bertz CT molecular complexity index is 837. The summed E-state index contributed by atoms with van der Waals surface area (Å²) in [4.78, 5) is 17.9. The summed E-state index contributed by atoms with van der Waals surface area (Å²) in [6.07, 6.45) is 2.61. The number of hydrogen-bond donors (Lipinski definition) is 1. The van der Waals surface area contributed by atoms with Crippen LogP contribution >= 0.6 is 11.3 Å². The van der Waals surface area contributed by atoms with Crippen molar-refractivity contribution in [3.63, 3.8) is 0 Å². The van der Waals surface area contributed by atoms with Crippen molar-refractivity contribution in [3.8, 4) is 0 Å². The van der Waals surface area contributed by atoms with Gasteiger partial charge in [0.15, 0.2) is 10.9 Å². The molecular formula is C18H19N3O2S. The van der Waals surface area contributed by atoms with Crippen LogP contribution < -0.4 is 5.32 Å². The molecule has 0 bridgehead atoms. The molecule has 1 N–H and O–H groups in total. The zero-order chi connectivity index (χ0) is 17.1. The minimum absolute atomic E-state index is 0.0943. The fourth-order valence-corrected chi connectivity index (χ4v) is 3.30. The lowest BCUT2D eigenvalue weighted by molar-refractivity contribution is 0.102. The number of carbonyl (C=O) groups is 1. The number of thiazole rings is 1. The Morgan fingerprint density at radius 1 is 1.29 bits per heavy atom. The fraction of sp³-hybridized carbons (Fsp3) is 0.278. The monoisotopic (exact) mass is 341 g/mol. The number of rotatable bonds is 5. The van der Waals surface area contributed by atoms with Crippen molar-refractivity contribution in [2.75, 3.05) is 5.32 Å². The molecule has 124 valence electrons. The van der Waals surface area contributed by atoms with E-state index in [9.17, 15) is 4.79 Å². The minimum atomic E-state index is -0.224. The largest absolute Gasteiger partial charge is 0.360 e. The molecule has 2 aromatic heterocycles. The smallest absolute Gasteiger partial charge is 0.262 e. The number of benzene rings is 1. The summed E-state index contributed by atoms with van der Waals surface area (Å²) in [5.74, 6) is 0.473. The van der Waals surface area contributed by atoms with Crippen LogP contribution in [0.2, 0.25) is 0 Å². The molecule has 1 amide bonds. The van der Waals surface area contributed by atoms with Crippen LogP contribution in [0.25, 0.3) is 0 Å². The normalized spacial score (nSPS) is 11.0. The molecule has 0 aliphatic rings. The lowest BCUT2D eigenvalue weighted by Crippen LogP contribution is -2.14. The van der Waals surface area contributed by atoms with Gasteiger partial charge in [-0.1, -0.05) is 49.3 Å². The Hall–Kier alpha value is -2.47. The van der Waals surface area contributed by atoms with Gasteiger partial charge in [-0.3, -0.25) is 10.1 Å². The summed E-state index contributed by atoms with van der Waals surface area (Å²) in [6.45, 7) is 5.71. The third-order valence-corrected chi connectivity index (χ3v) is 4.55. The molecule has 0 radical (unpaired) electrons. The van der Waals surface area contributed by atoms with Crippen molar-refractivity contribution < 1.29 is 9.32 Å². The highest BCUT2D eigenvalue weighted by Gasteiger charge is 2.23. The number of hydrogen-bond acceptors (Lipinski definition) is 5. The molecule has 2 heterocycles. The predicted octanol–water partition coefficient (Wildman–Crippen LogP) is 4.41. The molecule has 0 unspecified atom stereocenters. The first-order valence-corrected chi connectivity index (χ1v) is 8.62. The van der Waals surface area contributed by atoms with Gasteiger partial charge in [0.25, 0.3) is 5.91 Å². The Morgan fingerprint density at radius 2 is 2.04 bits per heavy atom. The number of aryl methyl sites for hydroxylation is 1. The van der Waals surface area contributed by atoms with E-state index in [0.29, 0.717) is 22.1 Å². The van der Waals surface area contributed by atoms with Gasteiger partial charge in [0.2, 0.25) is 0 Å². The third kappa shape index (κ3) is 3.54. The van der Waals surface area contributed by atoms with Gasteiger partial charge in [0.1, 0.15) is 5.56 Å². The SMILES string of the molecule is Cc1noc(C(C)C)c1C(=O)Nc1ncc(Cc2ccccc2)s1. The van der Waals surface area contributed by atoms with Gasteiger partial charge < -0.3 is 4.52 Å². The average Bonchev–Trinajstić information content (AvgIpc) is 3.15. The maximum Gasteiger partial charge on any atom is 0.262 e. The Labute approximate surface area is 144 Å². The van der Waals surface area contributed by atoms with E-state index in [4.69, 9.17) is 4.52 Å². The van der Waals surface area contributed by atoms with Crippen LogP contribution in [0.3, 0.4) is 0 Å². The van der Waals surface area contributed by atoms with Gasteiger partial charge in [0, 0.05) is 23.4 Å². The van der Waals surface area contributed by atoms with E-state index in [2.05, 4.69) is 27.6 Å². The van der Waals surface area contributed by atoms with Crippen molar-refractivity contribution >= 4 is 22.4 Å². The van der Waals surface area contributed by atoms with Crippen LogP contribution in [0, 0.1) is 6.92 Å². The summed E-state index contributed by atoms with van der Waals surface area (Å²) >= 11 is 1.48. The number of nitrogens with zero attached hydrogens (tertiary/aromatic N) is 2. The summed E-state index contributed by atoms with van der Waals surface area (Å²) in [7, 11) is 0. The second kappa shape index (κ2) is 6.97.